The number of ketones is 1. The molecule has 104 valence electrons. The summed E-state index contributed by atoms with van der Waals surface area (Å²) in [5, 5.41) is 0. The molecule has 3 heteroatoms. The molecule has 3 rings (SSSR count). The third-order valence-corrected chi connectivity index (χ3v) is 6.90. The van der Waals surface area contributed by atoms with Crippen molar-refractivity contribution in [1.29, 1.82) is 0 Å². The summed E-state index contributed by atoms with van der Waals surface area (Å²) in [6, 6.07) is 2.20. The summed E-state index contributed by atoms with van der Waals surface area (Å²) < 4.78 is 0. The molecule has 2 heterocycles. The molecule has 1 fully saturated rings. The SMILES string of the molecule is CCC1CCCCC1C(=O)c1cc2c(s1)CCSC2. The first-order valence-corrected chi connectivity index (χ1v) is 9.50. The molecule has 0 N–H and O–H groups in total. The topological polar surface area (TPSA) is 17.1 Å². The molecule has 19 heavy (non-hydrogen) atoms. The second-order valence-electron chi connectivity index (χ2n) is 5.79. The van der Waals surface area contributed by atoms with Crippen LogP contribution in [0.2, 0.25) is 0 Å². The van der Waals surface area contributed by atoms with Gasteiger partial charge in [0.15, 0.2) is 5.78 Å². The normalized spacial score (nSPS) is 27.0. The Kier molecular flexibility index (Phi) is 4.33. The van der Waals surface area contributed by atoms with Crippen molar-refractivity contribution in [2.75, 3.05) is 5.75 Å². The molecule has 1 aliphatic heterocycles. The highest BCUT2D eigenvalue weighted by Gasteiger charge is 2.31. The third-order valence-electron chi connectivity index (χ3n) is 4.64. The maximum Gasteiger partial charge on any atom is 0.176 e. The summed E-state index contributed by atoms with van der Waals surface area (Å²) in [4.78, 5) is 15.3. The average molecular weight is 294 g/mol. The summed E-state index contributed by atoms with van der Waals surface area (Å²) in [6.07, 6.45) is 7.27. The monoisotopic (exact) mass is 294 g/mol. The smallest absolute Gasteiger partial charge is 0.176 e. The molecule has 0 bridgehead atoms. The van der Waals surface area contributed by atoms with E-state index in [1.165, 1.54) is 41.9 Å². The third kappa shape index (κ3) is 2.78. The van der Waals surface area contributed by atoms with E-state index in [9.17, 15) is 4.79 Å². The average Bonchev–Trinajstić information content (AvgIpc) is 2.90. The van der Waals surface area contributed by atoms with Gasteiger partial charge < -0.3 is 0 Å². The van der Waals surface area contributed by atoms with Crippen molar-refractivity contribution in [3.05, 3.63) is 21.4 Å². The zero-order chi connectivity index (χ0) is 13.2. The summed E-state index contributed by atoms with van der Waals surface area (Å²) in [5.41, 5.74) is 1.44. The van der Waals surface area contributed by atoms with Crippen molar-refractivity contribution in [2.24, 2.45) is 11.8 Å². The van der Waals surface area contributed by atoms with E-state index < -0.39 is 0 Å². The van der Waals surface area contributed by atoms with Crippen LogP contribution in [-0.2, 0) is 12.2 Å². The van der Waals surface area contributed by atoms with Crippen LogP contribution >= 0.6 is 23.1 Å². The van der Waals surface area contributed by atoms with Crippen molar-refractivity contribution in [3.8, 4) is 0 Å². The molecule has 1 saturated carbocycles. The molecule has 1 nitrogen and oxygen atoms in total. The van der Waals surface area contributed by atoms with Gasteiger partial charge >= 0.3 is 0 Å². The molecule has 2 atom stereocenters. The minimum absolute atomic E-state index is 0.312. The molecule has 0 amide bonds. The Morgan fingerprint density at radius 2 is 2.21 bits per heavy atom. The predicted octanol–water partition coefficient (Wildman–Crippen LogP) is 4.94. The number of aryl methyl sites for hydroxylation is 1. The van der Waals surface area contributed by atoms with E-state index in [1.807, 2.05) is 11.8 Å². The Balaban J connectivity index is 1.80. The van der Waals surface area contributed by atoms with Gasteiger partial charge in [0.2, 0.25) is 0 Å². The molecule has 1 aromatic rings. The number of Topliss-reactive ketones (excluding diaryl/α,β-unsaturated/α-hetero) is 1. The molecule has 0 saturated heterocycles. The predicted molar refractivity (Wildman–Crippen MR) is 84.3 cm³/mol. The second-order valence-corrected chi connectivity index (χ2v) is 8.03. The van der Waals surface area contributed by atoms with E-state index in [0.717, 1.165) is 23.5 Å². The molecular formula is C16H22OS2. The van der Waals surface area contributed by atoms with Crippen molar-refractivity contribution in [1.82, 2.24) is 0 Å². The zero-order valence-electron chi connectivity index (χ0n) is 11.6. The minimum atomic E-state index is 0.312. The van der Waals surface area contributed by atoms with Crippen LogP contribution in [0, 0.1) is 11.8 Å². The lowest BCUT2D eigenvalue weighted by molar-refractivity contribution is 0.0824. The van der Waals surface area contributed by atoms with E-state index in [-0.39, 0.29) is 0 Å². The molecule has 2 unspecified atom stereocenters. The fourth-order valence-corrected chi connectivity index (χ4v) is 5.87. The Hall–Kier alpha value is -0.280. The number of fused-ring (bicyclic) bond motifs is 1. The van der Waals surface area contributed by atoms with E-state index >= 15 is 0 Å². The van der Waals surface area contributed by atoms with Gasteiger partial charge in [0.1, 0.15) is 0 Å². The van der Waals surface area contributed by atoms with Crippen LogP contribution in [-0.4, -0.2) is 11.5 Å². The summed E-state index contributed by atoms with van der Waals surface area (Å²) in [6.45, 7) is 2.24. The number of rotatable bonds is 3. The van der Waals surface area contributed by atoms with E-state index in [1.54, 1.807) is 11.3 Å². The lowest BCUT2D eigenvalue weighted by Crippen LogP contribution is -2.26. The van der Waals surface area contributed by atoms with Crippen molar-refractivity contribution in [2.45, 2.75) is 51.2 Å². The Morgan fingerprint density at radius 3 is 3.00 bits per heavy atom. The van der Waals surface area contributed by atoms with Gasteiger partial charge in [-0.25, -0.2) is 0 Å². The van der Waals surface area contributed by atoms with Crippen molar-refractivity contribution < 1.29 is 4.79 Å². The van der Waals surface area contributed by atoms with Crippen LogP contribution in [0.15, 0.2) is 6.07 Å². The number of carbonyl (C=O) groups is 1. The molecule has 0 spiro atoms. The van der Waals surface area contributed by atoms with Crippen molar-refractivity contribution >= 4 is 28.9 Å². The van der Waals surface area contributed by atoms with Crippen LogP contribution in [0.1, 0.15) is 59.1 Å². The van der Waals surface area contributed by atoms with Gasteiger partial charge in [-0.2, -0.15) is 11.8 Å². The molecule has 2 aliphatic rings. The summed E-state index contributed by atoms with van der Waals surface area (Å²) >= 11 is 3.79. The van der Waals surface area contributed by atoms with Crippen LogP contribution in [0.5, 0.6) is 0 Å². The number of thioether (sulfide) groups is 1. The maximum atomic E-state index is 12.8. The number of thiophene rings is 1. The van der Waals surface area contributed by atoms with E-state index in [0.29, 0.717) is 17.6 Å². The van der Waals surface area contributed by atoms with Gasteiger partial charge in [-0.3, -0.25) is 4.79 Å². The Labute approximate surface area is 124 Å². The molecule has 0 radical (unpaired) electrons. The van der Waals surface area contributed by atoms with Crippen LogP contribution in [0.3, 0.4) is 0 Å². The largest absolute Gasteiger partial charge is 0.293 e. The van der Waals surface area contributed by atoms with Gasteiger partial charge in [0.25, 0.3) is 0 Å². The maximum absolute atomic E-state index is 12.8. The van der Waals surface area contributed by atoms with E-state index in [4.69, 9.17) is 0 Å². The minimum Gasteiger partial charge on any atom is -0.293 e. The highest BCUT2D eigenvalue weighted by atomic mass is 32.2. The number of hydrogen-bond donors (Lipinski definition) is 0. The molecule has 1 aromatic heterocycles. The Morgan fingerprint density at radius 1 is 1.37 bits per heavy atom. The fourth-order valence-electron chi connectivity index (χ4n) is 3.49. The summed E-state index contributed by atoms with van der Waals surface area (Å²) in [5.74, 6) is 3.74. The molecule has 1 aliphatic carbocycles. The molecule has 0 aromatic carbocycles. The first kappa shape index (κ1) is 13.7. The first-order valence-electron chi connectivity index (χ1n) is 7.53. The summed E-state index contributed by atoms with van der Waals surface area (Å²) in [7, 11) is 0. The zero-order valence-corrected chi connectivity index (χ0v) is 13.2. The quantitative estimate of drug-likeness (QED) is 0.735. The standard InChI is InChI=1S/C16H22OS2/c1-2-11-5-3-4-6-13(11)16(17)15-9-12-10-18-8-7-14(12)19-15/h9,11,13H,2-8,10H2,1H3. The van der Waals surface area contributed by atoms with Crippen LogP contribution in [0.4, 0.5) is 0 Å². The van der Waals surface area contributed by atoms with Crippen LogP contribution in [0.25, 0.3) is 0 Å². The lowest BCUT2D eigenvalue weighted by atomic mass is 9.75. The second kappa shape index (κ2) is 6.01. The number of carbonyl (C=O) groups excluding carboxylic acids is 1. The highest BCUT2D eigenvalue weighted by Crippen LogP contribution is 2.38. The first-order chi connectivity index (χ1) is 9.29. The van der Waals surface area contributed by atoms with E-state index in [2.05, 4.69) is 13.0 Å². The number of hydrogen-bond acceptors (Lipinski definition) is 3. The van der Waals surface area contributed by atoms with Gasteiger partial charge in [0.05, 0.1) is 4.88 Å². The Bertz CT molecular complexity index is 440. The van der Waals surface area contributed by atoms with Crippen LogP contribution < -0.4 is 0 Å². The highest BCUT2D eigenvalue weighted by molar-refractivity contribution is 7.98. The van der Waals surface area contributed by atoms with Gasteiger partial charge in [-0.05, 0) is 42.6 Å². The van der Waals surface area contributed by atoms with Gasteiger partial charge in [-0.15, -0.1) is 11.3 Å². The van der Waals surface area contributed by atoms with Gasteiger partial charge in [0, 0.05) is 16.5 Å². The van der Waals surface area contributed by atoms with Crippen molar-refractivity contribution in [3.63, 3.8) is 0 Å². The lowest BCUT2D eigenvalue weighted by Gasteiger charge is -2.29. The molecular weight excluding hydrogens is 272 g/mol. The van der Waals surface area contributed by atoms with Gasteiger partial charge in [-0.1, -0.05) is 26.2 Å². The fraction of sp³-hybridized carbons (Fsp3) is 0.688.